The average molecular weight is 494 g/mol. The monoisotopic (exact) mass is 493 g/mol. The lowest BCUT2D eigenvalue weighted by molar-refractivity contribution is 0.0949. The van der Waals surface area contributed by atoms with Crippen molar-refractivity contribution < 1.29 is 22.7 Å². The number of methoxy groups -OCH3 is 1. The molecule has 3 N–H and O–H groups in total. The molecule has 0 atom stereocenters. The van der Waals surface area contributed by atoms with Crippen molar-refractivity contribution in [2.45, 2.75) is 37.6 Å². The third-order valence-electron chi connectivity index (χ3n) is 5.77. The topological polar surface area (TPSA) is 114 Å². The van der Waals surface area contributed by atoms with Gasteiger partial charge >= 0.3 is 0 Å². The first-order valence-corrected chi connectivity index (χ1v) is 12.6. The summed E-state index contributed by atoms with van der Waals surface area (Å²) in [6.07, 6.45) is 1.96. The Balaban J connectivity index is 1.55. The van der Waals surface area contributed by atoms with Gasteiger partial charge < -0.3 is 15.4 Å². The van der Waals surface area contributed by atoms with Crippen molar-refractivity contribution in [3.63, 3.8) is 0 Å². The van der Waals surface area contributed by atoms with E-state index in [4.69, 9.17) is 4.74 Å². The van der Waals surface area contributed by atoms with Crippen LogP contribution in [0.25, 0.3) is 0 Å². The number of ether oxygens (including phenoxy) is 1. The quantitative estimate of drug-likeness (QED) is 0.434. The molecule has 2 amide bonds. The molecule has 1 aliphatic carbocycles. The predicted molar refractivity (Wildman–Crippen MR) is 135 cm³/mol. The number of hydrogen-bond donors (Lipinski definition) is 3. The van der Waals surface area contributed by atoms with Crippen molar-refractivity contribution >= 4 is 33.2 Å². The highest BCUT2D eigenvalue weighted by Gasteiger charge is 2.24. The number of anilines is 2. The summed E-state index contributed by atoms with van der Waals surface area (Å²) in [5.74, 6) is -0.0460. The van der Waals surface area contributed by atoms with Crippen molar-refractivity contribution in [2.75, 3.05) is 17.1 Å². The van der Waals surface area contributed by atoms with Crippen molar-refractivity contribution in [1.29, 1.82) is 0 Å². The fraction of sp³-hybridized carbons (Fsp3) is 0.231. The van der Waals surface area contributed by atoms with E-state index in [0.29, 0.717) is 28.3 Å². The lowest BCUT2D eigenvalue weighted by atomic mass is 10.1. The summed E-state index contributed by atoms with van der Waals surface area (Å²) in [4.78, 5) is 25.5. The minimum atomic E-state index is -3.93. The largest absolute Gasteiger partial charge is 0.497 e. The van der Waals surface area contributed by atoms with Gasteiger partial charge in [0.25, 0.3) is 21.8 Å². The molecule has 0 heterocycles. The van der Waals surface area contributed by atoms with Gasteiger partial charge in [0.2, 0.25) is 0 Å². The normalized spacial score (nSPS) is 13.1. The molecule has 0 aromatic heterocycles. The standard InChI is InChI=1S/C26H27N3O5S/c1-16-5-13-22(35(32,33)29-20-9-11-21(34-3)12-10-20)15-23(16)26(31)28-24-14-18(6-4-17(24)2)25(30)27-19-7-8-19/h4-6,9-15,19,29H,7-8H2,1-3H3,(H,27,30)(H,28,31). The number of sulfonamides is 1. The maximum absolute atomic E-state index is 13.1. The summed E-state index contributed by atoms with van der Waals surface area (Å²) < 4.78 is 33.5. The number of hydrogen-bond acceptors (Lipinski definition) is 5. The van der Waals surface area contributed by atoms with Crippen molar-refractivity contribution in [2.24, 2.45) is 0 Å². The minimum absolute atomic E-state index is 0.0432. The van der Waals surface area contributed by atoms with Crippen LogP contribution in [0.1, 0.15) is 44.7 Å². The van der Waals surface area contributed by atoms with Gasteiger partial charge in [-0.1, -0.05) is 12.1 Å². The summed E-state index contributed by atoms with van der Waals surface area (Å²) in [5.41, 5.74) is 2.93. The van der Waals surface area contributed by atoms with Crippen LogP contribution < -0.4 is 20.1 Å². The molecule has 8 nitrogen and oxygen atoms in total. The molecule has 9 heteroatoms. The van der Waals surface area contributed by atoms with E-state index in [0.717, 1.165) is 18.4 Å². The Kier molecular flexibility index (Phi) is 6.79. The van der Waals surface area contributed by atoms with Crippen LogP contribution in [0.4, 0.5) is 11.4 Å². The third-order valence-corrected chi connectivity index (χ3v) is 7.15. The highest BCUT2D eigenvalue weighted by Crippen LogP contribution is 2.24. The van der Waals surface area contributed by atoms with E-state index in [-0.39, 0.29) is 22.4 Å². The summed E-state index contributed by atoms with van der Waals surface area (Å²) in [5, 5.41) is 5.75. The molecule has 182 valence electrons. The van der Waals surface area contributed by atoms with Crippen molar-refractivity contribution in [1.82, 2.24) is 5.32 Å². The smallest absolute Gasteiger partial charge is 0.261 e. The first kappa shape index (κ1) is 24.3. The summed E-state index contributed by atoms with van der Waals surface area (Å²) in [6.45, 7) is 3.55. The Morgan fingerprint density at radius 1 is 0.886 bits per heavy atom. The van der Waals surface area contributed by atoms with Crippen LogP contribution in [0.5, 0.6) is 5.75 Å². The van der Waals surface area contributed by atoms with E-state index in [2.05, 4.69) is 15.4 Å². The molecule has 0 unspecified atom stereocenters. The van der Waals surface area contributed by atoms with Gasteiger partial charge in [0.1, 0.15) is 5.75 Å². The first-order chi connectivity index (χ1) is 16.7. The molecule has 0 saturated heterocycles. The van der Waals surface area contributed by atoms with Crippen molar-refractivity contribution in [3.05, 3.63) is 82.9 Å². The Hall–Kier alpha value is -3.85. The fourth-order valence-corrected chi connectivity index (χ4v) is 4.55. The maximum atomic E-state index is 13.1. The minimum Gasteiger partial charge on any atom is -0.497 e. The van der Waals surface area contributed by atoms with Gasteiger partial charge in [-0.05, 0) is 86.3 Å². The second kappa shape index (κ2) is 9.79. The zero-order valence-electron chi connectivity index (χ0n) is 19.7. The van der Waals surface area contributed by atoms with Gasteiger partial charge in [-0.25, -0.2) is 8.42 Å². The van der Waals surface area contributed by atoms with E-state index in [1.54, 1.807) is 55.5 Å². The molecular weight excluding hydrogens is 466 g/mol. The molecule has 1 fully saturated rings. The SMILES string of the molecule is COc1ccc(NS(=O)(=O)c2ccc(C)c(C(=O)Nc3cc(C(=O)NC4CC4)ccc3C)c2)cc1. The molecule has 1 saturated carbocycles. The lowest BCUT2D eigenvalue weighted by Gasteiger charge is -2.14. The molecule has 0 spiro atoms. The van der Waals surface area contributed by atoms with Crippen LogP contribution in [0.15, 0.2) is 65.6 Å². The number of amides is 2. The van der Waals surface area contributed by atoms with E-state index in [9.17, 15) is 18.0 Å². The molecule has 35 heavy (non-hydrogen) atoms. The molecule has 1 aliphatic rings. The number of aryl methyl sites for hydroxylation is 2. The van der Waals surface area contributed by atoms with Crippen LogP contribution >= 0.6 is 0 Å². The van der Waals surface area contributed by atoms with Gasteiger partial charge in [0.15, 0.2) is 0 Å². The highest BCUT2D eigenvalue weighted by molar-refractivity contribution is 7.92. The lowest BCUT2D eigenvalue weighted by Crippen LogP contribution is -2.25. The van der Waals surface area contributed by atoms with Crippen LogP contribution in [-0.4, -0.2) is 33.4 Å². The van der Waals surface area contributed by atoms with Crippen LogP contribution in [-0.2, 0) is 10.0 Å². The van der Waals surface area contributed by atoms with Crippen LogP contribution in [0.3, 0.4) is 0 Å². The fourth-order valence-electron chi connectivity index (χ4n) is 3.47. The number of carbonyl (C=O) groups is 2. The molecule has 0 radical (unpaired) electrons. The zero-order chi connectivity index (χ0) is 25.2. The van der Waals surface area contributed by atoms with E-state index in [1.807, 2.05) is 6.92 Å². The van der Waals surface area contributed by atoms with Crippen molar-refractivity contribution in [3.8, 4) is 5.75 Å². The molecular formula is C26H27N3O5S. The molecule has 3 aromatic carbocycles. The molecule has 0 aliphatic heterocycles. The number of nitrogens with one attached hydrogen (secondary N) is 3. The maximum Gasteiger partial charge on any atom is 0.261 e. The highest BCUT2D eigenvalue weighted by atomic mass is 32.2. The molecule has 4 rings (SSSR count). The zero-order valence-corrected chi connectivity index (χ0v) is 20.5. The van der Waals surface area contributed by atoms with Gasteiger partial charge in [0, 0.05) is 28.5 Å². The van der Waals surface area contributed by atoms with Crippen LogP contribution in [0.2, 0.25) is 0 Å². The first-order valence-electron chi connectivity index (χ1n) is 11.2. The second-order valence-corrected chi connectivity index (χ2v) is 10.2. The molecule has 0 bridgehead atoms. The number of benzene rings is 3. The Labute approximate surface area is 204 Å². The number of rotatable bonds is 8. The second-order valence-electron chi connectivity index (χ2n) is 8.54. The van der Waals surface area contributed by atoms with E-state index < -0.39 is 15.9 Å². The summed E-state index contributed by atoms with van der Waals surface area (Å²) in [7, 11) is -2.41. The van der Waals surface area contributed by atoms with E-state index in [1.165, 1.54) is 19.2 Å². The van der Waals surface area contributed by atoms with Gasteiger partial charge in [0.05, 0.1) is 12.0 Å². The summed E-state index contributed by atoms with van der Waals surface area (Å²) >= 11 is 0. The number of carbonyl (C=O) groups excluding carboxylic acids is 2. The third kappa shape index (κ3) is 5.81. The summed E-state index contributed by atoms with van der Waals surface area (Å²) in [6, 6.07) is 16.2. The van der Waals surface area contributed by atoms with Crippen LogP contribution in [0, 0.1) is 13.8 Å². The molecule has 3 aromatic rings. The van der Waals surface area contributed by atoms with Gasteiger partial charge in [-0.15, -0.1) is 0 Å². The predicted octanol–water partition coefficient (Wildman–Crippen LogP) is 4.26. The van der Waals surface area contributed by atoms with E-state index >= 15 is 0 Å². The van der Waals surface area contributed by atoms with Gasteiger partial charge in [-0.2, -0.15) is 0 Å². The van der Waals surface area contributed by atoms with Gasteiger partial charge in [-0.3, -0.25) is 14.3 Å². The Bertz CT molecular complexity index is 1380. The Morgan fingerprint density at radius 3 is 2.23 bits per heavy atom. The average Bonchev–Trinajstić information content (AvgIpc) is 3.64. The Morgan fingerprint density at radius 2 is 1.57 bits per heavy atom.